The third-order valence-corrected chi connectivity index (χ3v) is 8.64. The topological polar surface area (TPSA) is 145 Å². The first kappa shape index (κ1) is 39.5. The molecule has 2 saturated carbocycles. The van der Waals surface area contributed by atoms with Gasteiger partial charge in [0, 0.05) is 41.8 Å². The summed E-state index contributed by atoms with van der Waals surface area (Å²) in [5, 5.41) is 12.7. The maximum absolute atomic E-state index is 13.0. The molecule has 6 aromatic rings. The molecule has 2 N–H and O–H groups in total. The van der Waals surface area contributed by atoms with Crippen molar-refractivity contribution in [3.8, 4) is 11.6 Å². The lowest BCUT2D eigenvalue weighted by Crippen LogP contribution is -2.15. The normalized spacial score (nSPS) is 13.9. The smallest absolute Gasteiger partial charge is 0.321 e. The summed E-state index contributed by atoms with van der Waals surface area (Å²) in [5.74, 6) is -0.0620. The van der Waals surface area contributed by atoms with Gasteiger partial charge in [-0.05, 0) is 92.8 Å². The minimum absolute atomic E-state index is 0. The molecular weight excluding hydrogens is 766 g/mol. The van der Waals surface area contributed by atoms with Crippen LogP contribution in [0.5, 0.6) is 0 Å². The molecule has 6 aromatic heterocycles. The quantitative estimate of drug-likeness (QED) is 0.146. The zero-order chi connectivity index (χ0) is 38.9. The molecule has 0 aliphatic heterocycles. The van der Waals surface area contributed by atoms with E-state index in [1.807, 2.05) is 0 Å². The molecule has 0 spiro atoms. The summed E-state index contributed by atoms with van der Waals surface area (Å²) < 4.78 is 80.6. The molecule has 2 aliphatic rings. The molecule has 8 rings (SSSR count). The number of pyridine rings is 4. The van der Waals surface area contributed by atoms with Crippen molar-refractivity contribution in [1.29, 1.82) is 0 Å². The van der Waals surface area contributed by atoms with Crippen LogP contribution in [0.15, 0.2) is 91.6 Å². The minimum atomic E-state index is -4.51. The molecule has 0 unspecified atom stereocenters. The van der Waals surface area contributed by atoms with Crippen molar-refractivity contribution in [2.24, 2.45) is 0 Å². The second kappa shape index (κ2) is 15.9. The number of carbonyl (C=O) groups is 2. The Hall–Kier alpha value is -6.17. The van der Waals surface area contributed by atoms with Crippen molar-refractivity contribution in [1.82, 2.24) is 39.5 Å². The number of aryl methyl sites for hydroxylation is 1. The Morgan fingerprint density at radius 1 is 0.661 bits per heavy atom. The van der Waals surface area contributed by atoms with E-state index in [-0.39, 0.29) is 47.7 Å². The highest BCUT2D eigenvalue weighted by Crippen LogP contribution is 2.44. The molecule has 56 heavy (non-hydrogen) atoms. The number of hydrogen-bond donors (Lipinski definition) is 2. The average molecular weight is 797 g/mol. The highest BCUT2D eigenvalue weighted by molar-refractivity contribution is 6.04. The SMILES string of the molecule is Cc1cccnc1C(=O)Nc1ccc(-n2nc(C(F)(F)F)cc2C2CC2)nc1.Cl.O=C(Nc1ccc(-n2nc(C(F)(F)F)cc2C2CC2)nc1)c1cccnc1. The minimum Gasteiger partial charge on any atom is -0.321 e. The van der Waals surface area contributed by atoms with Gasteiger partial charge in [0.05, 0.1) is 29.3 Å². The Morgan fingerprint density at radius 2 is 1.16 bits per heavy atom. The Balaban J connectivity index is 0.000000187. The summed E-state index contributed by atoms with van der Waals surface area (Å²) >= 11 is 0. The van der Waals surface area contributed by atoms with Gasteiger partial charge in [0.1, 0.15) is 5.69 Å². The molecule has 2 amide bonds. The number of hydrogen-bond acceptors (Lipinski definition) is 8. The van der Waals surface area contributed by atoms with Crippen molar-refractivity contribution in [2.75, 3.05) is 10.6 Å². The van der Waals surface area contributed by atoms with Gasteiger partial charge in [-0.25, -0.2) is 19.3 Å². The van der Waals surface area contributed by atoms with Crippen molar-refractivity contribution in [2.45, 2.75) is 56.8 Å². The Labute approximate surface area is 320 Å². The van der Waals surface area contributed by atoms with Crippen molar-refractivity contribution < 1.29 is 35.9 Å². The maximum atomic E-state index is 13.0. The Bertz CT molecular complexity index is 2320. The van der Waals surface area contributed by atoms with E-state index < -0.39 is 23.7 Å². The van der Waals surface area contributed by atoms with Gasteiger partial charge in [0.15, 0.2) is 23.0 Å². The van der Waals surface area contributed by atoms with Gasteiger partial charge in [0.2, 0.25) is 0 Å². The van der Waals surface area contributed by atoms with Crippen molar-refractivity contribution in [3.63, 3.8) is 0 Å². The number of nitrogens with zero attached hydrogens (tertiary/aromatic N) is 8. The Kier molecular flexibility index (Phi) is 11.2. The molecule has 290 valence electrons. The zero-order valence-electron chi connectivity index (χ0n) is 29.2. The summed E-state index contributed by atoms with van der Waals surface area (Å²) in [6.07, 6.45) is 1.61. The number of anilines is 2. The van der Waals surface area contributed by atoms with Crippen LogP contribution in [0.3, 0.4) is 0 Å². The molecule has 0 radical (unpaired) electrons. The van der Waals surface area contributed by atoms with E-state index in [1.165, 1.54) is 46.3 Å². The van der Waals surface area contributed by atoms with E-state index >= 15 is 0 Å². The largest absolute Gasteiger partial charge is 0.435 e. The highest BCUT2D eigenvalue weighted by Gasteiger charge is 2.39. The number of nitrogens with one attached hydrogen (secondary N) is 2. The summed E-state index contributed by atoms with van der Waals surface area (Å²) in [7, 11) is 0. The number of amides is 2. The predicted octanol–water partition coefficient (Wildman–Crippen LogP) is 8.35. The molecule has 0 bridgehead atoms. The van der Waals surface area contributed by atoms with Crippen molar-refractivity contribution >= 4 is 35.6 Å². The zero-order valence-corrected chi connectivity index (χ0v) is 30.0. The number of aromatic nitrogens is 8. The monoisotopic (exact) mass is 796 g/mol. The number of carbonyl (C=O) groups excluding carboxylic acids is 2. The average Bonchev–Trinajstić information content (AvgIpc) is 4.10. The van der Waals surface area contributed by atoms with Crippen LogP contribution < -0.4 is 10.6 Å². The van der Waals surface area contributed by atoms with Crippen LogP contribution in [-0.4, -0.2) is 51.3 Å². The van der Waals surface area contributed by atoms with Gasteiger partial charge >= 0.3 is 12.4 Å². The fraction of sp³-hybridized carbons (Fsp3) is 0.243. The van der Waals surface area contributed by atoms with Crippen molar-refractivity contribution in [3.05, 3.63) is 131 Å². The Morgan fingerprint density at radius 3 is 1.57 bits per heavy atom. The number of halogens is 7. The third kappa shape index (κ3) is 9.19. The van der Waals surface area contributed by atoms with Gasteiger partial charge in [-0.3, -0.25) is 19.6 Å². The van der Waals surface area contributed by atoms with Gasteiger partial charge in [-0.1, -0.05) is 6.07 Å². The molecule has 2 fully saturated rings. The van der Waals surface area contributed by atoms with Crippen LogP contribution >= 0.6 is 12.4 Å². The summed E-state index contributed by atoms with van der Waals surface area (Å²) in [5.41, 5.74) is 1.39. The first-order valence-electron chi connectivity index (χ1n) is 17.0. The fourth-order valence-electron chi connectivity index (χ4n) is 5.56. The van der Waals surface area contributed by atoms with E-state index in [1.54, 1.807) is 49.5 Å². The molecule has 19 heteroatoms. The lowest BCUT2D eigenvalue weighted by atomic mass is 10.2. The van der Waals surface area contributed by atoms with E-state index in [0.717, 1.165) is 43.4 Å². The van der Waals surface area contributed by atoms with Gasteiger partial charge in [0.25, 0.3) is 11.8 Å². The maximum Gasteiger partial charge on any atom is 0.435 e. The third-order valence-electron chi connectivity index (χ3n) is 8.64. The molecule has 0 aromatic carbocycles. The number of rotatable bonds is 8. The van der Waals surface area contributed by atoms with Crippen LogP contribution in [0.25, 0.3) is 11.6 Å². The molecule has 12 nitrogen and oxygen atoms in total. The summed E-state index contributed by atoms with van der Waals surface area (Å²) in [6.45, 7) is 1.78. The molecule has 2 aliphatic carbocycles. The summed E-state index contributed by atoms with van der Waals surface area (Å²) in [4.78, 5) is 40.7. The van der Waals surface area contributed by atoms with Crippen LogP contribution in [0.4, 0.5) is 37.7 Å². The van der Waals surface area contributed by atoms with Gasteiger partial charge < -0.3 is 10.6 Å². The van der Waals surface area contributed by atoms with Crippen LogP contribution in [0, 0.1) is 6.92 Å². The lowest BCUT2D eigenvalue weighted by Gasteiger charge is -2.09. The van der Waals surface area contributed by atoms with E-state index in [0.29, 0.717) is 34.0 Å². The standard InChI is InChI=1S/C19H16F3N5O.C18H14F3N5O.ClH/c1-11-3-2-8-23-17(11)18(28)25-13-6-7-16(24-10-13)27-14(12-4-5-12)9-15(26-27)19(20,21)22;19-18(20,21)15-8-14(11-3-4-11)26(25-15)16-6-5-13(10-23-16)24-17(27)12-2-1-7-22-9-12;/h2-3,6-10,12H,4-5H2,1H3,(H,25,28);1-2,5-11H,3-4H2,(H,24,27);1H. The molecule has 0 saturated heterocycles. The van der Waals surface area contributed by atoms with E-state index in [2.05, 4.69) is 40.8 Å². The van der Waals surface area contributed by atoms with Crippen LogP contribution in [-0.2, 0) is 12.4 Å². The van der Waals surface area contributed by atoms with E-state index in [9.17, 15) is 35.9 Å². The number of alkyl halides is 6. The predicted molar refractivity (Wildman–Crippen MR) is 193 cm³/mol. The first-order valence-corrected chi connectivity index (χ1v) is 17.0. The summed E-state index contributed by atoms with van der Waals surface area (Å²) in [6, 6.07) is 15.1. The lowest BCUT2D eigenvalue weighted by molar-refractivity contribution is -0.142. The van der Waals surface area contributed by atoms with Gasteiger partial charge in [-0.15, -0.1) is 12.4 Å². The second-order valence-electron chi connectivity index (χ2n) is 12.9. The van der Waals surface area contributed by atoms with Gasteiger partial charge in [-0.2, -0.15) is 36.5 Å². The molecular formula is C37H31ClF6N10O2. The molecule has 0 atom stereocenters. The fourth-order valence-corrected chi connectivity index (χ4v) is 5.56. The van der Waals surface area contributed by atoms with Crippen LogP contribution in [0.1, 0.15) is 86.7 Å². The molecule has 6 heterocycles. The second-order valence-corrected chi connectivity index (χ2v) is 12.9. The first-order chi connectivity index (χ1) is 26.2. The van der Waals surface area contributed by atoms with Crippen LogP contribution in [0.2, 0.25) is 0 Å². The van der Waals surface area contributed by atoms with E-state index in [4.69, 9.17) is 0 Å². The highest BCUT2D eigenvalue weighted by atomic mass is 35.5.